The van der Waals surface area contributed by atoms with Gasteiger partial charge in [-0.2, -0.15) is 0 Å². The van der Waals surface area contributed by atoms with Gasteiger partial charge in [-0.05, 0) is 32.1 Å². The standard InChI is InChI=1S/C12H18N2S/c13-9-6-3-7-10-11(9)14-12(15-10)8-4-1-2-5-8/h8-9H,1-7,13H2. The lowest BCUT2D eigenvalue weighted by atomic mass is 9.98. The van der Waals surface area contributed by atoms with Crippen molar-refractivity contribution in [2.75, 3.05) is 0 Å². The van der Waals surface area contributed by atoms with Crippen molar-refractivity contribution in [3.8, 4) is 0 Å². The Hall–Kier alpha value is -0.410. The molecule has 1 atom stereocenters. The topological polar surface area (TPSA) is 38.9 Å². The molecule has 0 amide bonds. The lowest BCUT2D eigenvalue weighted by Gasteiger charge is -2.15. The van der Waals surface area contributed by atoms with Gasteiger partial charge in [0.2, 0.25) is 0 Å². The molecule has 0 spiro atoms. The van der Waals surface area contributed by atoms with Crippen molar-refractivity contribution < 1.29 is 0 Å². The van der Waals surface area contributed by atoms with Crippen molar-refractivity contribution in [2.45, 2.75) is 56.9 Å². The molecule has 82 valence electrons. The first-order chi connectivity index (χ1) is 7.34. The number of aryl methyl sites for hydroxylation is 1. The summed E-state index contributed by atoms with van der Waals surface area (Å²) in [6.07, 6.45) is 9.07. The van der Waals surface area contributed by atoms with Crippen LogP contribution in [0.15, 0.2) is 0 Å². The molecule has 2 N–H and O–H groups in total. The molecule has 2 aliphatic rings. The van der Waals surface area contributed by atoms with Crippen LogP contribution in [0.2, 0.25) is 0 Å². The average Bonchev–Trinajstić information content (AvgIpc) is 2.86. The molecule has 1 aromatic rings. The zero-order chi connectivity index (χ0) is 10.3. The Morgan fingerprint density at radius 3 is 2.67 bits per heavy atom. The van der Waals surface area contributed by atoms with E-state index < -0.39 is 0 Å². The molecular weight excluding hydrogens is 204 g/mol. The van der Waals surface area contributed by atoms with E-state index in [-0.39, 0.29) is 6.04 Å². The van der Waals surface area contributed by atoms with E-state index in [1.54, 1.807) is 0 Å². The van der Waals surface area contributed by atoms with Gasteiger partial charge >= 0.3 is 0 Å². The van der Waals surface area contributed by atoms with Crippen LogP contribution in [0, 0.1) is 0 Å². The van der Waals surface area contributed by atoms with Gasteiger partial charge in [0.25, 0.3) is 0 Å². The number of thiazole rings is 1. The first-order valence-electron chi connectivity index (χ1n) is 6.09. The van der Waals surface area contributed by atoms with Crippen LogP contribution in [-0.2, 0) is 6.42 Å². The van der Waals surface area contributed by atoms with Crippen LogP contribution in [0.4, 0.5) is 0 Å². The van der Waals surface area contributed by atoms with Crippen LogP contribution in [0.25, 0.3) is 0 Å². The predicted octanol–water partition coefficient (Wildman–Crippen LogP) is 3.14. The van der Waals surface area contributed by atoms with Crippen molar-refractivity contribution in [1.82, 2.24) is 4.98 Å². The highest BCUT2D eigenvalue weighted by atomic mass is 32.1. The zero-order valence-corrected chi connectivity index (χ0v) is 9.85. The zero-order valence-electron chi connectivity index (χ0n) is 9.04. The van der Waals surface area contributed by atoms with Gasteiger partial charge in [-0.25, -0.2) is 4.98 Å². The summed E-state index contributed by atoms with van der Waals surface area (Å²) in [5.74, 6) is 0.757. The third-order valence-electron chi connectivity index (χ3n) is 3.72. The van der Waals surface area contributed by atoms with Crippen LogP contribution < -0.4 is 5.73 Å². The van der Waals surface area contributed by atoms with E-state index >= 15 is 0 Å². The second-order valence-corrected chi connectivity index (χ2v) is 5.96. The van der Waals surface area contributed by atoms with Crippen LogP contribution in [0.5, 0.6) is 0 Å². The number of hydrogen-bond donors (Lipinski definition) is 1. The quantitative estimate of drug-likeness (QED) is 0.793. The molecule has 1 unspecified atom stereocenters. The summed E-state index contributed by atoms with van der Waals surface area (Å²) in [5, 5.41) is 1.38. The summed E-state index contributed by atoms with van der Waals surface area (Å²) in [6, 6.07) is 0.222. The molecule has 0 aliphatic heterocycles. The fourth-order valence-corrected chi connectivity index (χ4v) is 4.16. The second kappa shape index (κ2) is 3.87. The maximum Gasteiger partial charge on any atom is 0.0962 e. The second-order valence-electron chi connectivity index (χ2n) is 4.84. The highest BCUT2D eigenvalue weighted by molar-refractivity contribution is 7.11. The number of aromatic nitrogens is 1. The van der Waals surface area contributed by atoms with Gasteiger partial charge in [-0.15, -0.1) is 11.3 Å². The van der Waals surface area contributed by atoms with Gasteiger partial charge in [0.1, 0.15) is 0 Å². The molecule has 2 aliphatic carbocycles. The predicted molar refractivity (Wildman–Crippen MR) is 63.2 cm³/mol. The molecule has 0 aromatic carbocycles. The first kappa shape index (κ1) is 9.79. The van der Waals surface area contributed by atoms with Gasteiger partial charge in [0.15, 0.2) is 0 Å². The van der Waals surface area contributed by atoms with Gasteiger partial charge < -0.3 is 5.73 Å². The van der Waals surface area contributed by atoms with Crippen molar-refractivity contribution >= 4 is 11.3 Å². The SMILES string of the molecule is NC1CCCc2sc(C3CCCC3)nc21. The van der Waals surface area contributed by atoms with E-state index in [9.17, 15) is 0 Å². The molecule has 1 heterocycles. The lowest BCUT2D eigenvalue weighted by Crippen LogP contribution is -2.16. The monoisotopic (exact) mass is 222 g/mol. The highest BCUT2D eigenvalue weighted by Gasteiger charge is 2.26. The summed E-state index contributed by atoms with van der Waals surface area (Å²) in [5.41, 5.74) is 7.33. The molecule has 0 radical (unpaired) electrons. The largest absolute Gasteiger partial charge is 0.323 e. The van der Waals surface area contributed by atoms with E-state index in [1.165, 1.54) is 54.1 Å². The molecule has 3 rings (SSSR count). The summed E-state index contributed by atoms with van der Waals surface area (Å²) >= 11 is 1.95. The summed E-state index contributed by atoms with van der Waals surface area (Å²) < 4.78 is 0. The molecule has 0 bridgehead atoms. The Morgan fingerprint density at radius 1 is 1.13 bits per heavy atom. The normalized spacial score (nSPS) is 26.9. The van der Waals surface area contributed by atoms with Crippen molar-refractivity contribution in [1.29, 1.82) is 0 Å². The van der Waals surface area contributed by atoms with Crippen molar-refractivity contribution in [2.24, 2.45) is 5.73 Å². The fraction of sp³-hybridized carbons (Fsp3) is 0.750. The molecule has 0 saturated heterocycles. The Bertz CT molecular complexity index is 353. The number of fused-ring (bicyclic) bond motifs is 1. The number of nitrogens with zero attached hydrogens (tertiary/aromatic N) is 1. The minimum absolute atomic E-state index is 0.222. The molecule has 2 nitrogen and oxygen atoms in total. The summed E-state index contributed by atoms with van der Waals surface area (Å²) in [7, 11) is 0. The highest BCUT2D eigenvalue weighted by Crippen LogP contribution is 2.40. The van der Waals surface area contributed by atoms with E-state index in [0.717, 1.165) is 12.3 Å². The van der Waals surface area contributed by atoms with E-state index in [2.05, 4.69) is 0 Å². The third-order valence-corrected chi connectivity index (χ3v) is 5.01. The number of rotatable bonds is 1. The first-order valence-corrected chi connectivity index (χ1v) is 6.91. The molecule has 1 saturated carbocycles. The molecule has 1 fully saturated rings. The van der Waals surface area contributed by atoms with Gasteiger partial charge in [0.05, 0.1) is 10.7 Å². The Labute approximate surface area is 94.9 Å². The van der Waals surface area contributed by atoms with E-state index in [4.69, 9.17) is 10.7 Å². The van der Waals surface area contributed by atoms with Crippen LogP contribution in [-0.4, -0.2) is 4.98 Å². The maximum atomic E-state index is 6.10. The van der Waals surface area contributed by atoms with Gasteiger partial charge in [0, 0.05) is 16.8 Å². The Morgan fingerprint density at radius 2 is 1.93 bits per heavy atom. The summed E-state index contributed by atoms with van der Waals surface area (Å²) in [4.78, 5) is 6.29. The average molecular weight is 222 g/mol. The third kappa shape index (κ3) is 1.72. The molecule has 3 heteroatoms. The number of nitrogens with two attached hydrogens (primary N) is 1. The maximum absolute atomic E-state index is 6.10. The lowest BCUT2D eigenvalue weighted by molar-refractivity contribution is 0.560. The van der Waals surface area contributed by atoms with Gasteiger partial charge in [-0.3, -0.25) is 0 Å². The van der Waals surface area contributed by atoms with E-state index in [1.807, 2.05) is 11.3 Å². The fourth-order valence-electron chi connectivity index (χ4n) is 2.82. The Kier molecular flexibility index (Phi) is 2.53. The van der Waals surface area contributed by atoms with E-state index in [0.29, 0.717) is 0 Å². The van der Waals surface area contributed by atoms with Crippen LogP contribution in [0.3, 0.4) is 0 Å². The number of hydrogen-bond acceptors (Lipinski definition) is 3. The van der Waals surface area contributed by atoms with Crippen molar-refractivity contribution in [3.63, 3.8) is 0 Å². The summed E-state index contributed by atoms with van der Waals surface area (Å²) in [6.45, 7) is 0. The minimum atomic E-state index is 0.222. The minimum Gasteiger partial charge on any atom is -0.323 e. The van der Waals surface area contributed by atoms with Crippen LogP contribution >= 0.6 is 11.3 Å². The molecule has 15 heavy (non-hydrogen) atoms. The molecule has 1 aromatic heterocycles. The Balaban J connectivity index is 1.90. The smallest absolute Gasteiger partial charge is 0.0962 e. The molecular formula is C12H18N2S. The van der Waals surface area contributed by atoms with Crippen molar-refractivity contribution in [3.05, 3.63) is 15.6 Å². The van der Waals surface area contributed by atoms with Crippen LogP contribution in [0.1, 0.15) is 66.1 Å². The van der Waals surface area contributed by atoms with Gasteiger partial charge in [-0.1, -0.05) is 12.8 Å².